The Kier molecular flexibility index (Phi) is 4.50. The van der Waals surface area contributed by atoms with Crippen molar-refractivity contribution in [3.8, 4) is 0 Å². The van der Waals surface area contributed by atoms with Crippen molar-refractivity contribution >= 4 is 17.5 Å². The van der Waals surface area contributed by atoms with Gasteiger partial charge in [-0.3, -0.25) is 4.79 Å². The zero-order valence-electron chi connectivity index (χ0n) is 11.6. The maximum atomic E-state index is 12.6. The van der Waals surface area contributed by atoms with E-state index in [0.717, 1.165) is 58.2 Å². The monoisotopic (exact) mass is 284 g/mol. The van der Waals surface area contributed by atoms with Crippen LogP contribution in [-0.4, -0.2) is 42.2 Å². The maximum Gasteiger partial charge on any atom is 0.164 e. The summed E-state index contributed by atoms with van der Waals surface area (Å²) >= 11 is 2.01. The summed E-state index contributed by atoms with van der Waals surface area (Å²) in [6, 6.07) is 0. The Morgan fingerprint density at radius 2 is 1.95 bits per heavy atom. The Hall–Kier alpha value is -0.0600. The number of thioether (sulfide) groups is 1. The van der Waals surface area contributed by atoms with Gasteiger partial charge in [-0.1, -0.05) is 0 Å². The first-order valence-electron chi connectivity index (χ1n) is 7.66. The second-order valence-electron chi connectivity index (χ2n) is 6.09. The van der Waals surface area contributed by atoms with E-state index in [9.17, 15) is 4.79 Å². The fourth-order valence-electron chi connectivity index (χ4n) is 3.59. The molecule has 0 aromatic rings. The van der Waals surface area contributed by atoms with E-state index < -0.39 is 0 Å². The predicted octanol–water partition coefficient (Wildman–Crippen LogP) is 2.82. The number of carbonyl (C=O) groups is 1. The molecule has 2 atom stereocenters. The largest absolute Gasteiger partial charge is 0.375 e. The lowest BCUT2D eigenvalue weighted by atomic mass is 9.78. The van der Waals surface area contributed by atoms with Crippen LogP contribution in [0.1, 0.15) is 44.9 Å². The van der Waals surface area contributed by atoms with E-state index in [1.807, 2.05) is 11.8 Å². The Morgan fingerprint density at radius 3 is 2.68 bits per heavy atom. The summed E-state index contributed by atoms with van der Waals surface area (Å²) in [6.07, 6.45) is 7.13. The van der Waals surface area contributed by atoms with Gasteiger partial charge >= 0.3 is 0 Å². The number of ether oxygens (including phenoxy) is 2. The number of ketones is 1. The molecule has 108 valence electrons. The van der Waals surface area contributed by atoms with Gasteiger partial charge in [-0.05, 0) is 56.5 Å². The Balaban J connectivity index is 1.62. The highest BCUT2D eigenvalue weighted by molar-refractivity contribution is 7.99. The molecule has 0 aromatic carbocycles. The van der Waals surface area contributed by atoms with E-state index >= 15 is 0 Å². The zero-order valence-corrected chi connectivity index (χ0v) is 12.4. The summed E-state index contributed by atoms with van der Waals surface area (Å²) in [6.45, 7) is 1.52. The minimum atomic E-state index is -0.119. The highest BCUT2D eigenvalue weighted by Crippen LogP contribution is 2.40. The highest BCUT2D eigenvalue weighted by atomic mass is 32.2. The van der Waals surface area contributed by atoms with Gasteiger partial charge < -0.3 is 9.47 Å². The Bertz CT molecular complexity index is 314. The lowest BCUT2D eigenvalue weighted by Gasteiger charge is -2.43. The number of rotatable bonds is 2. The minimum absolute atomic E-state index is 0.0124. The van der Waals surface area contributed by atoms with Crippen molar-refractivity contribution in [2.24, 2.45) is 5.92 Å². The molecule has 0 bridgehead atoms. The van der Waals surface area contributed by atoms with E-state index in [1.54, 1.807) is 0 Å². The standard InChI is InChI=1S/C15H24O3S/c16-14(13-3-1-2-7-17-13)12-4-8-18-15(11-12)5-9-19-10-6-15/h12-13H,1-11H2. The lowest BCUT2D eigenvalue weighted by Crippen LogP contribution is -2.46. The van der Waals surface area contributed by atoms with Crippen molar-refractivity contribution in [1.82, 2.24) is 0 Å². The average molecular weight is 284 g/mol. The first-order chi connectivity index (χ1) is 9.29. The lowest BCUT2D eigenvalue weighted by molar-refractivity contribution is -0.150. The van der Waals surface area contributed by atoms with Crippen LogP contribution in [0.25, 0.3) is 0 Å². The highest BCUT2D eigenvalue weighted by Gasteiger charge is 2.42. The van der Waals surface area contributed by atoms with E-state index in [0.29, 0.717) is 5.78 Å². The van der Waals surface area contributed by atoms with Crippen LogP contribution in [0.3, 0.4) is 0 Å². The minimum Gasteiger partial charge on any atom is -0.375 e. The van der Waals surface area contributed by atoms with Gasteiger partial charge in [0.2, 0.25) is 0 Å². The second-order valence-corrected chi connectivity index (χ2v) is 7.32. The number of hydrogen-bond donors (Lipinski definition) is 0. The molecule has 0 saturated carbocycles. The molecule has 1 spiro atoms. The van der Waals surface area contributed by atoms with Crippen molar-refractivity contribution in [3.05, 3.63) is 0 Å². The average Bonchev–Trinajstić information content (AvgIpc) is 2.48. The molecular formula is C15H24O3S. The van der Waals surface area contributed by atoms with E-state index in [2.05, 4.69) is 0 Å². The van der Waals surface area contributed by atoms with E-state index in [-0.39, 0.29) is 17.6 Å². The van der Waals surface area contributed by atoms with Gasteiger partial charge in [0.05, 0.1) is 5.60 Å². The fourth-order valence-corrected chi connectivity index (χ4v) is 4.83. The molecular weight excluding hydrogens is 260 g/mol. The summed E-state index contributed by atoms with van der Waals surface area (Å²) < 4.78 is 11.7. The van der Waals surface area contributed by atoms with Gasteiger partial charge in [-0.2, -0.15) is 11.8 Å². The predicted molar refractivity (Wildman–Crippen MR) is 76.6 cm³/mol. The Labute approximate surface area is 119 Å². The number of Topliss-reactive ketones (excluding diaryl/α,β-unsaturated/α-hetero) is 1. The van der Waals surface area contributed by atoms with Crippen LogP contribution in [0.5, 0.6) is 0 Å². The molecule has 19 heavy (non-hydrogen) atoms. The van der Waals surface area contributed by atoms with Crippen LogP contribution in [0.2, 0.25) is 0 Å². The van der Waals surface area contributed by atoms with Crippen LogP contribution in [0, 0.1) is 5.92 Å². The van der Waals surface area contributed by atoms with Crippen LogP contribution < -0.4 is 0 Å². The summed E-state index contributed by atoms with van der Waals surface area (Å²) in [5.41, 5.74) is 0.0124. The molecule has 2 unspecified atom stereocenters. The second kappa shape index (κ2) is 6.15. The zero-order chi connectivity index (χ0) is 13.1. The smallest absolute Gasteiger partial charge is 0.164 e. The van der Waals surface area contributed by atoms with Crippen LogP contribution in [-0.2, 0) is 14.3 Å². The molecule has 3 aliphatic heterocycles. The molecule has 0 N–H and O–H groups in total. The van der Waals surface area contributed by atoms with Crippen molar-refractivity contribution in [1.29, 1.82) is 0 Å². The Morgan fingerprint density at radius 1 is 1.11 bits per heavy atom. The number of carbonyl (C=O) groups excluding carboxylic acids is 1. The summed E-state index contributed by atoms with van der Waals surface area (Å²) in [5.74, 6) is 2.90. The normalized spacial score (nSPS) is 35.2. The van der Waals surface area contributed by atoms with E-state index in [1.165, 1.54) is 11.5 Å². The molecule has 0 amide bonds. The topological polar surface area (TPSA) is 35.5 Å². The third-order valence-electron chi connectivity index (χ3n) is 4.80. The van der Waals surface area contributed by atoms with E-state index in [4.69, 9.17) is 9.47 Å². The van der Waals surface area contributed by atoms with Gasteiger partial charge in [0.15, 0.2) is 5.78 Å². The molecule has 3 nitrogen and oxygen atoms in total. The van der Waals surface area contributed by atoms with Gasteiger partial charge in [0.1, 0.15) is 6.10 Å². The maximum absolute atomic E-state index is 12.6. The molecule has 0 aromatic heterocycles. The SMILES string of the molecule is O=C(C1CCOC2(CCSCC2)C1)C1CCCCO1. The molecule has 3 rings (SSSR count). The molecule has 3 fully saturated rings. The van der Waals surface area contributed by atoms with Gasteiger partial charge in [0, 0.05) is 19.1 Å². The van der Waals surface area contributed by atoms with Crippen molar-refractivity contribution in [2.75, 3.05) is 24.7 Å². The van der Waals surface area contributed by atoms with Crippen molar-refractivity contribution < 1.29 is 14.3 Å². The van der Waals surface area contributed by atoms with Crippen LogP contribution in [0.15, 0.2) is 0 Å². The first kappa shape index (κ1) is 13.9. The molecule has 3 aliphatic rings. The van der Waals surface area contributed by atoms with Gasteiger partial charge in [-0.25, -0.2) is 0 Å². The first-order valence-corrected chi connectivity index (χ1v) is 8.82. The van der Waals surface area contributed by atoms with Gasteiger partial charge in [-0.15, -0.1) is 0 Å². The molecule has 3 saturated heterocycles. The molecule has 4 heteroatoms. The quantitative estimate of drug-likeness (QED) is 0.781. The van der Waals surface area contributed by atoms with Crippen molar-refractivity contribution in [2.45, 2.75) is 56.7 Å². The number of hydrogen-bond acceptors (Lipinski definition) is 4. The van der Waals surface area contributed by atoms with Crippen molar-refractivity contribution in [3.63, 3.8) is 0 Å². The summed E-state index contributed by atoms with van der Waals surface area (Å²) in [7, 11) is 0. The van der Waals surface area contributed by atoms with Crippen LogP contribution in [0.4, 0.5) is 0 Å². The van der Waals surface area contributed by atoms with Crippen LogP contribution >= 0.6 is 11.8 Å². The molecule has 3 heterocycles. The molecule has 0 radical (unpaired) electrons. The third-order valence-corrected chi connectivity index (χ3v) is 5.78. The molecule has 0 aliphatic carbocycles. The third kappa shape index (κ3) is 3.17. The fraction of sp³-hybridized carbons (Fsp3) is 0.933. The van der Waals surface area contributed by atoms with Gasteiger partial charge in [0.25, 0.3) is 0 Å². The summed E-state index contributed by atoms with van der Waals surface area (Å²) in [5, 5.41) is 0. The summed E-state index contributed by atoms with van der Waals surface area (Å²) in [4.78, 5) is 12.6.